The van der Waals surface area contributed by atoms with Gasteiger partial charge in [0.15, 0.2) is 0 Å². The molecule has 19 heavy (non-hydrogen) atoms. The van der Waals surface area contributed by atoms with Crippen molar-refractivity contribution < 1.29 is 0 Å². The van der Waals surface area contributed by atoms with Crippen LogP contribution in [0.15, 0.2) is 22.7 Å². The zero-order valence-corrected chi connectivity index (χ0v) is 13.8. The SMILES string of the molecule is CCCCCCCCC(NN)c1cc(C)ccc1Br. The fourth-order valence-corrected chi connectivity index (χ4v) is 2.91. The number of hydrazine groups is 1. The molecule has 0 aliphatic heterocycles. The van der Waals surface area contributed by atoms with E-state index in [2.05, 4.69) is 53.4 Å². The summed E-state index contributed by atoms with van der Waals surface area (Å²) < 4.78 is 1.15. The van der Waals surface area contributed by atoms with Gasteiger partial charge in [-0.25, -0.2) is 0 Å². The van der Waals surface area contributed by atoms with Crippen LogP contribution in [0.3, 0.4) is 0 Å². The van der Waals surface area contributed by atoms with Crippen LogP contribution < -0.4 is 11.3 Å². The second-order valence-electron chi connectivity index (χ2n) is 5.30. The predicted octanol–water partition coefficient (Wildman–Crippen LogP) is 5.01. The number of rotatable bonds is 9. The van der Waals surface area contributed by atoms with Crippen molar-refractivity contribution >= 4 is 15.9 Å². The van der Waals surface area contributed by atoms with E-state index in [1.807, 2.05) is 0 Å². The first-order valence-corrected chi connectivity index (χ1v) is 8.20. The fraction of sp³-hybridized carbons (Fsp3) is 0.625. The maximum Gasteiger partial charge on any atom is 0.0471 e. The van der Waals surface area contributed by atoms with E-state index in [9.17, 15) is 0 Å². The molecule has 1 aromatic carbocycles. The third kappa shape index (κ3) is 6.07. The van der Waals surface area contributed by atoms with Gasteiger partial charge in [-0.3, -0.25) is 11.3 Å². The zero-order valence-electron chi connectivity index (χ0n) is 12.2. The lowest BCUT2D eigenvalue weighted by molar-refractivity contribution is 0.475. The van der Waals surface area contributed by atoms with Crippen LogP contribution in [0.25, 0.3) is 0 Å². The van der Waals surface area contributed by atoms with Gasteiger partial charge >= 0.3 is 0 Å². The van der Waals surface area contributed by atoms with Crippen LogP contribution in [0.1, 0.15) is 69.0 Å². The smallest absolute Gasteiger partial charge is 0.0471 e. The largest absolute Gasteiger partial charge is 0.271 e. The van der Waals surface area contributed by atoms with E-state index in [1.165, 1.54) is 49.7 Å². The number of benzene rings is 1. The summed E-state index contributed by atoms with van der Waals surface area (Å²) in [6.45, 7) is 4.37. The monoisotopic (exact) mass is 326 g/mol. The summed E-state index contributed by atoms with van der Waals surface area (Å²) in [5, 5.41) is 0. The summed E-state index contributed by atoms with van der Waals surface area (Å²) in [5.74, 6) is 5.72. The van der Waals surface area contributed by atoms with Crippen molar-refractivity contribution in [2.45, 2.75) is 64.8 Å². The molecule has 0 saturated heterocycles. The van der Waals surface area contributed by atoms with E-state index in [1.54, 1.807) is 0 Å². The van der Waals surface area contributed by atoms with Crippen LogP contribution in [0, 0.1) is 6.92 Å². The molecule has 0 spiro atoms. The first-order valence-electron chi connectivity index (χ1n) is 7.41. The number of nitrogens with one attached hydrogen (secondary N) is 1. The number of hydrogen-bond donors (Lipinski definition) is 2. The highest BCUT2D eigenvalue weighted by Gasteiger charge is 2.12. The van der Waals surface area contributed by atoms with Gasteiger partial charge in [-0.2, -0.15) is 0 Å². The van der Waals surface area contributed by atoms with Crippen LogP contribution >= 0.6 is 15.9 Å². The zero-order chi connectivity index (χ0) is 14.1. The van der Waals surface area contributed by atoms with Crippen molar-refractivity contribution in [3.05, 3.63) is 33.8 Å². The van der Waals surface area contributed by atoms with Crippen molar-refractivity contribution in [3.63, 3.8) is 0 Å². The molecule has 3 heteroatoms. The summed E-state index contributed by atoms with van der Waals surface area (Å²) in [5.41, 5.74) is 5.51. The van der Waals surface area contributed by atoms with Gasteiger partial charge in [0.05, 0.1) is 0 Å². The Hall–Kier alpha value is -0.380. The lowest BCUT2D eigenvalue weighted by atomic mass is 9.99. The first kappa shape index (κ1) is 16.7. The molecule has 0 aliphatic rings. The van der Waals surface area contributed by atoms with Crippen LogP contribution in [-0.2, 0) is 0 Å². The number of nitrogens with two attached hydrogens (primary N) is 1. The van der Waals surface area contributed by atoms with Gasteiger partial charge in [0.2, 0.25) is 0 Å². The maximum absolute atomic E-state index is 5.72. The average Bonchev–Trinajstić information content (AvgIpc) is 2.41. The van der Waals surface area contributed by atoms with E-state index in [0.717, 1.165) is 10.9 Å². The molecule has 1 unspecified atom stereocenters. The van der Waals surface area contributed by atoms with Gasteiger partial charge in [-0.15, -0.1) is 0 Å². The molecule has 108 valence electrons. The molecule has 0 bridgehead atoms. The quantitative estimate of drug-likeness (QED) is 0.380. The van der Waals surface area contributed by atoms with Gasteiger partial charge in [-0.05, 0) is 25.0 Å². The lowest BCUT2D eigenvalue weighted by Crippen LogP contribution is -2.28. The second-order valence-corrected chi connectivity index (χ2v) is 6.15. The van der Waals surface area contributed by atoms with E-state index < -0.39 is 0 Å². The van der Waals surface area contributed by atoms with E-state index in [-0.39, 0.29) is 6.04 Å². The lowest BCUT2D eigenvalue weighted by Gasteiger charge is -2.18. The highest BCUT2D eigenvalue weighted by atomic mass is 79.9. The van der Waals surface area contributed by atoms with Crippen molar-refractivity contribution in [3.8, 4) is 0 Å². The van der Waals surface area contributed by atoms with Gasteiger partial charge in [-0.1, -0.05) is 79.1 Å². The van der Waals surface area contributed by atoms with Crippen LogP contribution in [0.4, 0.5) is 0 Å². The molecule has 1 rings (SSSR count). The Morgan fingerprint density at radius 2 is 1.84 bits per heavy atom. The number of halogens is 1. The Labute approximate surface area is 126 Å². The fourth-order valence-electron chi connectivity index (χ4n) is 2.39. The minimum atomic E-state index is 0.250. The third-order valence-electron chi connectivity index (χ3n) is 3.57. The van der Waals surface area contributed by atoms with Gasteiger partial charge in [0, 0.05) is 10.5 Å². The minimum Gasteiger partial charge on any atom is -0.271 e. The summed E-state index contributed by atoms with van der Waals surface area (Å²) in [6, 6.07) is 6.69. The molecule has 0 amide bonds. The third-order valence-corrected chi connectivity index (χ3v) is 4.30. The molecular weight excluding hydrogens is 300 g/mol. The second kappa shape index (κ2) is 9.51. The van der Waals surface area contributed by atoms with E-state index >= 15 is 0 Å². The average molecular weight is 327 g/mol. The normalized spacial score (nSPS) is 12.6. The molecular formula is C16H27BrN2. The summed E-state index contributed by atoms with van der Waals surface area (Å²) in [4.78, 5) is 0. The molecule has 1 atom stereocenters. The highest BCUT2D eigenvalue weighted by Crippen LogP contribution is 2.27. The van der Waals surface area contributed by atoms with Crippen LogP contribution in [-0.4, -0.2) is 0 Å². The van der Waals surface area contributed by atoms with Crippen molar-refractivity contribution in [1.82, 2.24) is 5.43 Å². The Kier molecular flexibility index (Phi) is 8.35. The summed E-state index contributed by atoms with van der Waals surface area (Å²) in [7, 11) is 0. The van der Waals surface area contributed by atoms with Crippen LogP contribution in [0.5, 0.6) is 0 Å². The molecule has 0 radical (unpaired) electrons. The van der Waals surface area contributed by atoms with E-state index in [0.29, 0.717) is 0 Å². The first-order chi connectivity index (χ1) is 9.19. The summed E-state index contributed by atoms with van der Waals surface area (Å²) in [6.07, 6.45) is 9.03. The Balaban J connectivity index is 2.42. The highest BCUT2D eigenvalue weighted by molar-refractivity contribution is 9.10. The maximum atomic E-state index is 5.72. The van der Waals surface area contributed by atoms with Crippen molar-refractivity contribution in [1.29, 1.82) is 0 Å². The minimum absolute atomic E-state index is 0.250. The van der Waals surface area contributed by atoms with E-state index in [4.69, 9.17) is 5.84 Å². The molecule has 0 heterocycles. The topological polar surface area (TPSA) is 38.0 Å². The predicted molar refractivity (Wildman–Crippen MR) is 86.9 cm³/mol. The Morgan fingerprint density at radius 3 is 2.53 bits per heavy atom. The molecule has 0 aliphatic carbocycles. The molecule has 3 N–H and O–H groups in total. The standard InChI is InChI=1S/C16H27BrN2/c1-3-4-5-6-7-8-9-16(19-18)14-12-13(2)10-11-15(14)17/h10-12,16,19H,3-9,18H2,1-2H3. The van der Waals surface area contributed by atoms with Gasteiger partial charge < -0.3 is 0 Å². The number of unbranched alkanes of at least 4 members (excludes halogenated alkanes) is 5. The number of aryl methyl sites for hydroxylation is 1. The van der Waals surface area contributed by atoms with Crippen molar-refractivity contribution in [2.24, 2.45) is 5.84 Å². The molecule has 0 aromatic heterocycles. The van der Waals surface area contributed by atoms with Gasteiger partial charge in [0.1, 0.15) is 0 Å². The molecule has 0 saturated carbocycles. The van der Waals surface area contributed by atoms with Gasteiger partial charge in [0.25, 0.3) is 0 Å². The van der Waals surface area contributed by atoms with Crippen molar-refractivity contribution in [2.75, 3.05) is 0 Å². The molecule has 2 nitrogen and oxygen atoms in total. The molecule has 0 fully saturated rings. The van der Waals surface area contributed by atoms with Crippen LogP contribution in [0.2, 0.25) is 0 Å². The number of hydrogen-bond acceptors (Lipinski definition) is 2. The summed E-state index contributed by atoms with van der Waals surface area (Å²) >= 11 is 3.62. The Bertz CT molecular complexity index is 366. The Morgan fingerprint density at radius 1 is 1.16 bits per heavy atom. The molecule has 1 aromatic rings.